The van der Waals surface area contributed by atoms with Crippen LogP contribution in [0.3, 0.4) is 0 Å². The van der Waals surface area contributed by atoms with Crippen molar-refractivity contribution in [3.05, 3.63) is 53.1 Å². The Morgan fingerprint density at radius 2 is 2.27 bits per heavy atom. The lowest BCUT2D eigenvalue weighted by Gasteiger charge is -2.06. The van der Waals surface area contributed by atoms with Crippen LogP contribution in [0.1, 0.15) is 40.2 Å². The minimum atomic E-state index is -0.227. The molecule has 3 N–H and O–H groups in total. The van der Waals surface area contributed by atoms with Gasteiger partial charge in [-0.1, -0.05) is 12.1 Å². The van der Waals surface area contributed by atoms with Gasteiger partial charge in [0.05, 0.1) is 18.3 Å². The molecule has 1 saturated carbocycles. The molecule has 1 aromatic carbocycles. The lowest BCUT2D eigenvalue weighted by molar-refractivity contribution is 0.0950. The van der Waals surface area contributed by atoms with Crippen molar-refractivity contribution in [2.75, 3.05) is 6.54 Å². The SMILES string of the molecule is NCCn1cc(C(=O)NCc2ccc(C3CC3)c(F)c2)cn1. The van der Waals surface area contributed by atoms with Crippen LogP contribution in [0.2, 0.25) is 0 Å². The summed E-state index contributed by atoms with van der Waals surface area (Å²) in [5.74, 6) is -0.0167. The zero-order valence-corrected chi connectivity index (χ0v) is 12.3. The molecular weight excluding hydrogens is 283 g/mol. The number of rotatable bonds is 6. The quantitative estimate of drug-likeness (QED) is 0.854. The van der Waals surface area contributed by atoms with Crippen molar-refractivity contribution in [3.8, 4) is 0 Å². The maximum absolute atomic E-state index is 13.9. The van der Waals surface area contributed by atoms with Gasteiger partial charge in [0.1, 0.15) is 5.82 Å². The smallest absolute Gasteiger partial charge is 0.254 e. The molecule has 1 amide bonds. The Morgan fingerprint density at radius 1 is 1.45 bits per heavy atom. The number of aromatic nitrogens is 2. The van der Waals surface area contributed by atoms with Crippen LogP contribution in [-0.4, -0.2) is 22.2 Å². The molecule has 3 rings (SSSR count). The van der Waals surface area contributed by atoms with Crippen molar-refractivity contribution >= 4 is 5.91 Å². The van der Waals surface area contributed by atoms with Crippen molar-refractivity contribution in [3.63, 3.8) is 0 Å². The summed E-state index contributed by atoms with van der Waals surface area (Å²) in [6, 6.07) is 5.20. The fraction of sp³-hybridized carbons (Fsp3) is 0.375. The summed E-state index contributed by atoms with van der Waals surface area (Å²) in [7, 11) is 0. The maximum atomic E-state index is 13.9. The molecule has 1 aliphatic carbocycles. The van der Waals surface area contributed by atoms with Gasteiger partial charge in [-0.25, -0.2) is 4.39 Å². The zero-order chi connectivity index (χ0) is 15.5. The molecule has 1 fully saturated rings. The molecule has 1 aliphatic rings. The highest BCUT2D eigenvalue weighted by atomic mass is 19.1. The third-order valence-electron chi connectivity index (χ3n) is 3.79. The molecule has 1 heterocycles. The lowest BCUT2D eigenvalue weighted by Crippen LogP contribution is -2.22. The van der Waals surface area contributed by atoms with Crippen molar-refractivity contribution in [2.24, 2.45) is 5.73 Å². The second kappa shape index (κ2) is 6.27. The number of carbonyl (C=O) groups excluding carboxylic acids is 1. The molecule has 0 saturated heterocycles. The first-order valence-electron chi connectivity index (χ1n) is 7.46. The van der Waals surface area contributed by atoms with Gasteiger partial charge in [-0.3, -0.25) is 9.48 Å². The monoisotopic (exact) mass is 302 g/mol. The molecule has 0 spiro atoms. The minimum Gasteiger partial charge on any atom is -0.348 e. The molecular formula is C16H19FN4O. The van der Waals surface area contributed by atoms with Crippen LogP contribution < -0.4 is 11.1 Å². The molecule has 0 aliphatic heterocycles. The van der Waals surface area contributed by atoms with Crippen molar-refractivity contribution in [1.29, 1.82) is 0 Å². The topological polar surface area (TPSA) is 72.9 Å². The average Bonchev–Trinajstić information content (AvgIpc) is 3.24. The molecule has 0 radical (unpaired) electrons. The van der Waals surface area contributed by atoms with Gasteiger partial charge in [0, 0.05) is 19.3 Å². The van der Waals surface area contributed by atoms with Gasteiger partial charge in [-0.2, -0.15) is 5.10 Å². The van der Waals surface area contributed by atoms with Gasteiger partial charge in [0.2, 0.25) is 0 Å². The Bertz CT molecular complexity index is 679. The molecule has 0 bridgehead atoms. The predicted octanol–water partition coefficient (Wildman–Crippen LogP) is 1.79. The van der Waals surface area contributed by atoms with Crippen LogP contribution in [0.25, 0.3) is 0 Å². The summed E-state index contributed by atoms with van der Waals surface area (Å²) in [6.07, 6.45) is 5.29. The third kappa shape index (κ3) is 3.33. The molecule has 1 aromatic heterocycles. The van der Waals surface area contributed by atoms with Gasteiger partial charge in [-0.05, 0) is 36.0 Å². The summed E-state index contributed by atoms with van der Waals surface area (Å²) in [5, 5.41) is 6.82. The van der Waals surface area contributed by atoms with E-state index in [0.717, 1.165) is 24.0 Å². The molecule has 0 atom stereocenters. The van der Waals surface area contributed by atoms with Crippen LogP contribution in [0.15, 0.2) is 30.6 Å². The van der Waals surface area contributed by atoms with E-state index in [0.29, 0.717) is 31.1 Å². The number of hydrogen-bond donors (Lipinski definition) is 2. The van der Waals surface area contributed by atoms with E-state index in [9.17, 15) is 9.18 Å². The molecule has 22 heavy (non-hydrogen) atoms. The maximum Gasteiger partial charge on any atom is 0.254 e. The van der Waals surface area contributed by atoms with E-state index >= 15 is 0 Å². The van der Waals surface area contributed by atoms with Crippen molar-refractivity contribution in [1.82, 2.24) is 15.1 Å². The van der Waals surface area contributed by atoms with E-state index in [1.54, 1.807) is 10.9 Å². The fourth-order valence-electron chi connectivity index (χ4n) is 2.43. The lowest BCUT2D eigenvalue weighted by atomic mass is 10.1. The Kier molecular flexibility index (Phi) is 4.20. The Balaban J connectivity index is 1.59. The third-order valence-corrected chi connectivity index (χ3v) is 3.79. The number of nitrogens with zero attached hydrogens (tertiary/aromatic N) is 2. The number of hydrogen-bond acceptors (Lipinski definition) is 3. The first-order valence-corrected chi connectivity index (χ1v) is 7.46. The number of benzene rings is 1. The Morgan fingerprint density at radius 3 is 2.95 bits per heavy atom. The van der Waals surface area contributed by atoms with Crippen molar-refractivity contribution < 1.29 is 9.18 Å². The minimum absolute atomic E-state index is 0.176. The zero-order valence-electron chi connectivity index (χ0n) is 12.3. The largest absolute Gasteiger partial charge is 0.348 e. The van der Waals surface area contributed by atoms with Gasteiger partial charge in [0.25, 0.3) is 5.91 Å². The van der Waals surface area contributed by atoms with Crippen LogP contribution in [-0.2, 0) is 13.1 Å². The van der Waals surface area contributed by atoms with E-state index in [2.05, 4.69) is 10.4 Å². The highest BCUT2D eigenvalue weighted by Crippen LogP contribution is 2.41. The summed E-state index contributed by atoms with van der Waals surface area (Å²) < 4.78 is 15.6. The first-order chi connectivity index (χ1) is 10.7. The molecule has 2 aromatic rings. The summed E-state index contributed by atoms with van der Waals surface area (Å²) in [4.78, 5) is 12.0. The predicted molar refractivity (Wildman–Crippen MR) is 80.8 cm³/mol. The van der Waals surface area contributed by atoms with E-state index in [-0.39, 0.29) is 11.7 Å². The van der Waals surface area contributed by atoms with Gasteiger partial charge < -0.3 is 11.1 Å². The van der Waals surface area contributed by atoms with Gasteiger partial charge >= 0.3 is 0 Å². The van der Waals surface area contributed by atoms with Crippen LogP contribution in [0, 0.1) is 5.82 Å². The number of halogens is 1. The second-order valence-electron chi connectivity index (χ2n) is 5.59. The fourth-order valence-corrected chi connectivity index (χ4v) is 2.43. The normalized spacial score (nSPS) is 14.1. The number of nitrogens with two attached hydrogens (primary N) is 1. The average molecular weight is 302 g/mol. The van der Waals surface area contributed by atoms with E-state index in [1.807, 2.05) is 12.1 Å². The Labute approximate surface area is 128 Å². The van der Waals surface area contributed by atoms with E-state index in [4.69, 9.17) is 5.73 Å². The Hall–Kier alpha value is -2.21. The van der Waals surface area contributed by atoms with Gasteiger partial charge in [0.15, 0.2) is 0 Å². The van der Waals surface area contributed by atoms with Crippen molar-refractivity contribution in [2.45, 2.75) is 31.8 Å². The number of nitrogens with one attached hydrogen (secondary N) is 1. The van der Waals surface area contributed by atoms with Crippen LogP contribution >= 0.6 is 0 Å². The molecule has 116 valence electrons. The highest BCUT2D eigenvalue weighted by Gasteiger charge is 2.26. The number of amides is 1. The number of carbonyl (C=O) groups is 1. The second-order valence-corrected chi connectivity index (χ2v) is 5.59. The standard InChI is InChI=1S/C16H19FN4O/c17-15-7-11(1-4-14(15)12-2-3-12)8-19-16(22)13-9-20-21(10-13)6-5-18/h1,4,7,9-10,12H,2-3,5-6,8,18H2,(H,19,22). The first kappa shape index (κ1) is 14.7. The molecule has 0 unspecified atom stereocenters. The van der Waals surface area contributed by atoms with E-state index in [1.165, 1.54) is 12.3 Å². The summed E-state index contributed by atoms with van der Waals surface area (Å²) in [6.45, 7) is 1.33. The summed E-state index contributed by atoms with van der Waals surface area (Å²) >= 11 is 0. The van der Waals surface area contributed by atoms with Crippen LogP contribution in [0.4, 0.5) is 4.39 Å². The van der Waals surface area contributed by atoms with E-state index < -0.39 is 0 Å². The molecule has 5 nitrogen and oxygen atoms in total. The summed E-state index contributed by atoms with van der Waals surface area (Å²) in [5.41, 5.74) is 7.46. The highest BCUT2D eigenvalue weighted by molar-refractivity contribution is 5.93. The molecule has 6 heteroatoms. The van der Waals surface area contributed by atoms with Gasteiger partial charge in [-0.15, -0.1) is 0 Å². The van der Waals surface area contributed by atoms with Crippen LogP contribution in [0.5, 0.6) is 0 Å².